The minimum atomic E-state index is -2.09. The highest BCUT2D eigenvalue weighted by Gasteiger charge is 2.56. The molecule has 1 N–H and O–H groups in total. The van der Waals surface area contributed by atoms with Gasteiger partial charge in [-0.3, -0.25) is 4.79 Å². The molecule has 1 aliphatic rings. The van der Waals surface area contributed by atoms with Crippen molar-refractivity contribution in [1.29, 1.82) is 0 Å². The third kappa shape index (κ3) is 3.44. The van der Waals surface area contributed by atoms with Crippen LogP contribution < -0.4 is 0 Å². The van der Waals surface area contributed by atoms with Crippen LogP contribution in [-0.2, 0) is 24.9 Å². The molecule has 1 fully saturated rings. The second-order valence-electron chi connectivity index (χ2n) is 6.57. The van der Waals surface area contributed by atoms with Crippen LogP contribution in [0.2, 0.25) is 0 Å². The van der Waals surface area contributed by atoms with Gasteiger partial charge in [0.1, 0.15) is 11.7 Å². The lowest BCUT2D eigenvalue weighted by molar-refractivity contribution is -0.556. The second kappa shape index (κ2) is 7.68. The average molecular weight is 356 g/mol. The zero-order valence-electron chi connectivity index (χ0n) is 15.1. The van der Waals surface area contributed by atoms with Gasteiger partial charge in [-0.1, -0.05) is 67.6 Å². The summed E-state index contributed by atoms with van der Waals surface area (Å²) in [6, 6.07) is 19.1. The number of aliphatic hydroxyl groups is 1. The molecule has 0 aliphatic carbocycles. The maximum Gasteiger partial charge on any atom is 0.319 e. The Morgan fingerprint density at radius 2 is 1.62 bits per heavy atom. The predicted octanol–water partition coefficient (Wildman–Crippen LogP) is 3.56. The number of ether oxygens (including phenoxy) is 1. The van der Waals surface area contributed by atoms with Crippen LogP contribution in [-0.4, -0.2) is 23.5 Å². The Labute approximate surface area is 153 Å². The zero-order chi connectivity index (χ0) is 18.6. The van der Waals surface area contributed by atoms with Gasteiger partial charge in [-0.25, -0.2) is 4.89 Å². The van der Waals surface area contributed by atoms with E-state index in [0.717, 1.165) is 11.1 Å². The summed E-state index contributed by atoms with van der Waals surface area (Å²) in [5.74, 6) is -3.19. The minimum absolute atomic E-state index is 0.205. The van der Waals surface area contributed by atoms with Crippen molar-refractivity contribution in [2.45, 2.75) is 38.3 Å². The highest BCUT2D eigenvalue weighted by molar-refractivity contribution is 5.79. The minimum Gasteiger partial charge on any atom is -0.341 e. The molecule has 1 heterocycles. The summed E-state index contributed by atoms with van der Waals surface area (Å²) in [6.07, 6.45) is 0.884. The third-order valence-corrected chi connectivity index (χ3v) is 4.72. The largest absolute Gasteiger partial charge is 0.341 e. The molecular formula is C21H24O5. The van der Waals surface area contributed by atoms with E-state index in [0.29, 0.717) is 6.42 Å². The molecule has 138 valence electrons. The van der Waals surface area contributed by atoms with Crippen LogP contribution in [0.15, 0.2) is 60.7 Å². The Balaban J connectivity index is 2.06. The lowest BCUT2D eigenvalue weighted by Crippen LogP contribution is -2.56. The van der Waals surface area contributed by atoms with Gasteiger partial charge in [0.2, 0.25) is 0 Å². The number of hydrogen-bond acceptors (Lipinski definition) is 5. The van der Waals surface area contributed by atoms with Crippen molar-refractivity contribution >= 4 is 5.78 Å². The van der Waals surface area contributed by atoms with Crippen LogP contribution in [0, 0.1) is 5.92 Å². The monoisotopic (exact) mass is 356 g/mol. The summed E-state index contributed by atoms with van der Waals surface area (Å²) in [6.45, 7) is 3.60. The Morgan fingerprint density at radius 3 is 2.08 bits per heavy atom. The number of rotatable bonds is 6. The number of Topliss-reactive ketones (excluding diaryl/α,β-unsaturated/α-hetero) is 1. The number of hydrogen-bond donors (Lipinski definition) is 1. The van der Waals surface area contributed by atoms with Gasteiger partial charge in [0.05, 0.1) is 6.61 Å². The van der Waals surface area contributed by atoms with Gasteiger partial charge >= 0.3 is 5.97 Å². The number of ketones is 1. The van der Waals surface area contributed by atoms with E-state index in [4.69, 9.17) is 14.5 Å². The maximum atomic E-state index is 12.4. The van der Waals surface area contributed by atoms with E-state index < -0.39 is 17.5 Å². The van der Waals surface area contributed by atoms with Gasteiger partial charge in [0, 0.05) is 6.42 Å². The molecule has 0 radical (unpaired) electrons. The molecule has 2 atom stereocenters. The van der Waals surface area contributed by atoms with Gasteiger partial charge in [0.15, 0.2) is 5.60 Å². The van der Waals surface area contributed by atoms with Crippen molar-refractivity contribution in [2.24, 2.45) is 5.92 Å². The quantitative estimate of drug-likeness (QED) is 0.633. The highest BCUT2D eigenvalue weighted by Crippen LogP contribution is 2.47. The van der Waals surface area contributed by atoms with E-state index in [2.05, 4.69) is 0 Å². The molecule has 0 bridgehead atoms. The summed E-state index contributed by atoms with van der Waals surface area (Å²) in [7, 11) is 0. The summed E-state index contributed by atoms with van der Waals surface area (Å²) in [5.41, 5.74) is 0.672. The fourth-order valence-corrected chi connectivity index (χ4v) is 3.33. The molecule has 0 aromatic heterocycles. The summed E-state index contributed by atoms with van der Waals surface area (Å²) >= 11 is 0. The molecule has 0 spiro atoms. The molecule has 0 amide bonds. The fourth-order valence-electron chi connectivity index (χ4n) is 3.33. The summed E-state index contributed by atoms with van der Waals surface area (Å²) in [4.78, 5) is 23.5. The maximum absolute atomic E-state index is 12.4. The zero-order valence-corrected chi connectivity index (χ0v) is 15.1. The first kappa shape index (κ1) is 18.7. The van der Waals surface area contributed by atoms with E-state index in [-0.39, 0.29) is 18.8 Å². The van der Waals surface area contributed by atoms with E-state index >= 15 is 0 Å². The second-order valence-corrected chi connectivity index (χ2v) is 6.57. The van der Waals surface area contributed by atoms with Crippen LogP contribution in [0.1, 0.15) is 37.8 Å². The summed E-state index contributed by atoms with van der Waals surface area (Å²) in [5, 5.41) is 10.8. The van der Waals surface area contributed by atoms with Gasteiger partial charge in [0.25, 0.3) is 0 Å². The van der Waals surface area contributed by atoms with Gasteiger partial charge in [-0.05, 0) is 24.5 Å². The van der Waals surface area contributed by atoms with Gasteiger partial charge in [-0.2, -0.15) is 4.89 Å². The van der Waals surface area contributed by atoms with Gasteiger partial charge < -0.3 is 9.84 Å². The Morgan fingerprint density at radius 1 is 1.08 bits per heavy atom. The van der Waals surface area contributed by atoms with Crippen LogP contribution in [0.3, 0.4) is 0 Å². The Bertz CT molecular complexity index is 691. The first-order valence-electron chi connectivity index (χ1n) is 8.86. The lowest BCUT2D eigenvalue weighted by atomic mass is 9.76. The number of carbonyl (C=O) groups excluding carboxylic acids is 1. The van der Waals surface area contributed by atoms with Crippen molar-refractivity contribution < 1.29 is 24.4 Å². The van der Waals surface area contributed by atoms with Crippen LogP contribution in [0.25, 0.3) is 0 Å². The molecule has 26 heavy (non-hydrogen) atoms. The van der Waals surface area contributed by atoms with E-state index in [1.807, 2.05) is 67.6 Å². The van der Waals surface area contributed by atoms with E-state index in [1.165, 1.54) is 6.92 Å². The van der Waals surface area contributed by atoms with E-state index in [9.17, 15) is 9.90 Å². The van der Waals surface area contributed by atoms with Gasteiger partial charge in [-0.15, -0.1) is 0 Å². The SMILES string of the molecule is CCCOC1(O)OOC(c2ccccc2)(c2ccccc2)CC1C(C)=O. The molecule has 3 rings (SSSR count). The molecule has 2 aromatic carbocycles. The third-order valence-electron chi connectivity index (χ3n) is 4.72. The van der Waals surface area contributed by atoms with Crippen molar-refractivity contribution in [3.8, 4) is 0 Å². The molecule has 0 saturated carbocycles. The summed E-state index contributed by atoms with van der Waals surface area (Å²) < 4.78 is 5.45. The van der Waals surface area contributed by atoms with Crippen LogP contribution in [0.4, 0.5) is 0 Å². The van der Waals surface area contributed by atoms with Crippen molar-refractivity contribution in [1.82, 2.24) is 0 Å². The normalized spacial score (nSPS) is 25.0. The highest BCUT2D eigenvalue weighted by atomic mass is 17.3. The van der Waals surface area contributed by atoms with Crippen molar-refractivity contribution in [3.05, 3.63) is 71.8 Å². The standard InChI is InChI=1S/C21H24O5/c1-3-14-24-21(23)19(16(2)22)15-20(25-26-21,17-10-6-4-7-11-17)18-12-8-5-9-13-18/h4-13,19,23H,3,14-15H2,1-2H3. The topological polar surface area (TPSA) is 65.0 Å². The molecule has 5 nitrogen and oxygen atoms in total. The molecule has 2 unspecified atom stereocenters. The predicted molar refractivity (Wildman–Crippen MR) is 95.8 cm³/mol. The lowest BCUT2D eigenvalue weighted by Gasteiger charge is -2.46. The fraction of sp³-hybridized carbons (Fsp3) is 0.381. The molecule has 1 saturated heterocycles. The van der Waals surface area contributed by atoms with Crippen LogP contribution in [0.5, 0.6) is 0 Å². The average Bonchev–Trinajstić information content (AvgIpc) is 2.68. The first-order chi connectivity index (χ1) is 12.5. The van der Waals surface area contributed by atoms with E-state index in [1.54, 1.807) is 0 Å². The Hall–Kier alpha value is -2.05. The van der Waals surface area contributed by atoms with Crippen molar-refractivity contribution in [3.63, 3.8) is 0 Å². The number of benzene rings is 2. The molecule has 5 heteroatoms. The van der Waals surface area contributed by atoms with Crippen molar-refractivity contribution in [2.75, 3.05) is 6.61 Å². The Kier molecular flexibility index (Phi) is 5.53. The van der Waals surface area contributed by atoms with Crippen LogP contribution >= 0.6 is 0 Å². The smallest absolute Gasteiger partial charge is 0.319 e. The first-order valence-corrected chi connectivity index (χ1v) is 8.86. The molecule has 1 aliphatic heterocycles. The molecular weight excluding hydrogens is 332 g/mol. The molecule has 2 aromatic rings. The number of carbonyl (C=O) groups is 1.